The number of carbonyl (C=O) groups excluding carboxylic acids is 2. The molecule has 20 heavy (non-hydrogen) atoms. The highest BCUT2D eigenvalue weighted by molar-refractivity contribution is 8.04. The van der Waals surface area contributed by atoms with Crippen molar-refractivity contribution in [1.29, 1.82) is 0 Å². The highest BCUT2D eigenvalue weighted by Gasteiger charge is 2.23. The maximum atomic E-state index is 12.2. The maximum Gasteiger partial charge on any atom is 0.262 e. The molecule has 2 heterocycles. The van der Waals surface area contributed by atoms with Crippen molar-refractivity contribution < 1.29 is 9.59 Å². The third kappa shape index (κ3) is 2.72. The van der Waals surface area contributed by atoms with Gasteiger partial charge < -0.3 is 10.2 Å². The number of para-hydroxylation sites is 1. The number of likely N-dealkylation sites (tertiary alicyclic amines) is 1. The van der Waals surface area contributed by atoms with Crippen molar-refractivity contribution in [2.75, 3.05) is 18.4 Å². The molecule has 3 rings (SSSR count). The number of anilines is 1. The van der Waals surface area contributed by atoms with E-state index in [9.17, 15) is 9.59 Å². The van der Waals surface area contributed by atoms with Crippen LogP contribution in [0.25, 0.3) is 0 Å². The predicted molar refractivity (Wildman–Crippen MR) is 79.4 cm³/mol. The number of nitrogens with zero attached hydrogens (tertiary/aromatic N) is 1. The molecular formula is C15H16N2O2S. The first kappa shape index (κ1) is 13.2. The van der Waals surface area contributed by atoms with Gasteiger partial charge in [0.05, 0.1) is 10.6 Å². The van der Waals surface area contributed by atoms with Gasteiger partial charge in [0.2, 0.25) is 5.91 Å². The summed E-state index contributed by atoms with van der Waals surface area (Å²) in [6, 6.07) is 7.61. The molecule has 0 unspecified atom stereocenters. The van der Waals surface area contributed by atoms with Crippen molar-refractivity contribution in [2.24, 2.45) is 0 Å². The Morgan fingerprint density at radius 3 is 2.75 bits per heavy atom. The molecule has 0 saturated carbocycles. The average Bonchev–Trinajstić information content (AvgIpc) is 2.49. The third-order valence-corrected chi connectivity index (χ3v) is 4.60. The lowest BCUT2D eigenvalue weighted by atomic mass is 10.1. The highest BCUT2D eigenvalue weighted by atomic mass is 32.2. The fourth-order valence-corrected chi connectivity index (χ4v) is 3.34. The molecule has 0 bridgehead atoms. The smallest absolute Gasteiger partial charge is 0.262 e. The summed E-state index contributed by atoms with van der Waals surface area (Å²) in [7, 11) is 0. The van der Waals surface area contributed by atoms with Crippen LogP contribution < -0.4 is 5.32 Å². The Morgan fingerprint density at radius 1 is 1.20 bits per heavy atom. The van der Waals surface area contributed by atoms with Crippen LogP contribution in [0.1, 0.15) is 19.3 Å². The normalized spacial score (nSPS) is 20.5. The number of amides is 2. The van der Waals surface area contributed by atoms with E-state index in [1.165, 1.54) is 24.3 Å². The molecule has 0 atom stereocenters. The van der Waals surface area contributed by atoms with Gasteiger partial charge in [-0.15, -0.1) is 0 Å². The minimum Gasteiger partial charge on any atom is -0.339 e. The molecule has 2 amide bonds. The van der Waals surface area contributed by atoms with Crippen LogP contribution in [0.3, 0.4) is 0 Å². The van der Waals surface area contributed by atoms with Gasteiger partial charge in [-0.05, 0) is 31.4 Å². The van der Waals surface area contributed by atoms with E-state index in [0.717, 1.165) is 36.5 Å². The fourth-order valence-electron chi connectivity index (χ4n) is 2.42. The molecule has 2 aliphatic heterocycles. The summed E-state index contributed by atoms with van der Waals surface area (Å²) in [6.07, 6.45) is 4.76. The van der Waals surface area contributed by atoms with Crippen LogP contribution in [-0.4, -0.2) is 29.8 Å². The van der Waals surface area contributed by atoms with Gasteiger partial charge in [0.1, 0.15) is 0 Å². The van der Waals surface area contributed by atoms with Gasteiger partial charge in [-0.2, -0.15) is 0 Å². The van der Waals surface area contributed by atoms with E-state index >= 15 is 0 Å². The van der Waals surface area contributed by atoms with E-state index in [1.54, 1.807) is 0 Å². The Labute approximate surface area is 122 Å². The molecule has 0 radical (unpaired) electrons. The number of fused-ring (bicyclic) bond motifs is 1. The summed E-state index contributed by atoms with van der Waals surface area (Å²) in [5.74, 6) is -0.249. The Balaban J connectivity index is 1.78. The summed E-state index contributed by atoms with van der Waals surface area (Å²) in [5.41, 5.74) is 0.810. The second-order valence-corrected chi connectivity index (χ2v) is 6.03. The van der Waals surface area contributed by atoms with Crippen LogP contribution in [0.2, 0.25) is 0 Å². The number of piperidine rings is 1. The molecule has 2 aliphatic rings. The second kappa shape index (κ2) is 5.71. The van der Waals surface area contributed by atoms with E-state index in [1.807, 2.05) is 29.2 Å². The minimum atomic E-state index is -0.195. The largest absolute Gasteiger partial charge is 0.339 e. The summed E-state index contributed by atoms with van der Waals surface area (Å²) >= 11 is 1.36. The predicted octanol–water partition coefficient (Wildman–Crippen LogP) is 2.63. The zero-order chi connectivity index (χ0) is 13.9. The Kier molecular flexibility index (Phi) is 3.78. The summed E-state index contributed by atoms with van der Waals surface area (Å²) in [6.45, 7) is 1.59. The number of hydrogen-bond donors (Lipinski definition) is 1. The zero-order valence-electron chi connectivity index (χ0n) is 11.1. The minimum absolute atomic E-state index is 0.0540. The molecule has 1 fully saturated rings. The maximum absolute atomic E-state index is 12.2. The molecule has 1 saturated heterocycles. The van der Waals surface area contributed by atoms with Crippen LogP contribution in [0.4, 0.5) is 5.69 Å². The Bertz CT molecular complexity index is 577. The van der Waals surface area contributed by atoms with Gasteiger partial charge >= 0.3 is 0 Å². The topological polar surface area (TPSA) is 49.4 Å². The van der Waals surface area contributed by atoms with Crippen LogP contribution in [0.5, 0.6) is 0 Å². The molecule has 1 aromatic rings. The van der Waals surface area contributed by atoms with E-state index in [0.29, 0.717) is 4.91 Å². The van der Waals surface area contributed by atoms with Crippen LogP contribution in [0.15, 0.2) is 40.1 Å². The standard InChI is InChI=1S/C15H16N2O2S/c18-14(17-8-4-1-5-9-17)10-13-15(19)16-11-6-2-3-7-12(11)20-13/h2-3,6-7,10H,1,4-5,8-9H2,(H,16,19)/b13-10+. The van der Waals surface area contributed by atoms with Gasteiger partial charge in [-0.3, -0.25) is 9.59 Å². The monoisotopic (exact) mass is 288 g/mol. The second-order valence-electron chi connectivity index (χ2n) is 4.95. The number of carbonyl (C=O) groups is 2. The van der Waals surface area contributed by atoms with Gasteiger partial charge in [0, 0.05) is 24.1 Å². The number of nitrogens with one attached hydrogen (secondary N) is 1. The first-order valence-electron chi connectivity index (χ1n) is 6.83. The van der Waals surface area contributed by atoms with Crippen LogP contribution in [-0.2, 0) is 9.59 Å². The van der Waals surface area contributed by atoms with Crippen LogP contribution >= 0.6 is 11.8 Å². The van der Waals surface area contributed by atoms with Crippen molar-refractivity contribution in [2.45, 2.75) is 24.2 Å². The number of thioether (sulfide) groups is 1. The first-order chi connectivity index (χ1) is 9.74. The summed E-state index contributed by atoms with van der Waals surface area (Å²) in [4.78, 5) is 27.5. The Morgan fingerprint density at radius 2 is 1.95 bits per heavy atom. The third-order valence-electron chi connectivity index (χ3n) is 3.50. The molecule has 1 N–H and O–H groups in total. The molecule has 4 nitrogen and oxygen atoms in total. The van der Waals surface area contributed by atoms with Crippen molar-refractivity contribution in [1.82, 2.24) is 4.90 Å². The lowest BCUT2D eigenvalue weighted by Crippen LogP contribution is -2.35. The van der Waals surface area contributed by atoms with Gasteiger partial charge in [-0.1, -0.05) is 23.9 Å². The average molecular weight is 288 g/mol. The molecule has 1 aromatic carbocycles. The molecular weight excluding hydrogens is 272 g/mol. The molecule has 5 heteroatoms. The first-order valence-corrected chi connectivity index (χ1v) is 7.64. The quantitative estimate of drug-likeness (QED) is 0.808. The van der Waals surface area contributed by atoms with E-state index < -0.39 is 0 Å². The molecule has 0 spiro atoms. The SMILES string of the molecule is O=C1Nc2ccccc2S/C1=C/C(=O)N1CCCCC1. The fraction of sp³-hybridized carbons (Fsp3) is 0.333. The lowest BCUT2D eigenvalue weighted by Gasteiger charge is -2.26. The molecule has 0 aromatic heterocycles. The van der Waals surface area contributed by atoms with E-state index in [-0.39, 0.29) is 11.8 Å². The van der Waals surface area contributed by atoms with Crippen molar-refractivity contribution in [3.63, 3.8) is 0 Å². The van der Waals surface area contributed by atoms with Crippen molar-refractivity contribution in [3.8, 4) is 0 Å². The van der Waals surface area contributed by atoms with Crippen LogP contribution in [0, 0.1) is 0 Å². The highest BCUT2D eigenvalue weighted by Crippen LogP contribution is 2.37. The van der Waals surface area contributed by atoms with E-state index in [2.05, 4.69) is 5.32 Å². The number of rotatable bonds is 1. The Hall–Kier alpha value is -1.75. The van der Waals surface area contributed by atoms with Crippen molar-refractivity contribution in [3.05, 3.63) is 35.2 Å². The van der Waals surface area contributed by atoms with Gasteiger partial charge in [0.25, 0.3) is 5.91 Å². The molecule has 0 aliphatic carbocycles. The summed E-state index contributed by atoms with van der Waals surface area (Å²) < 4.78 is 0. The van der Waals surface area contributed by atoms with Crippen molar-refractivity contribution >= 4 is 29.3 Å². The van der Waals surface area contributed by atoms with Gasteiger partial charge in [-0.25, -0.2) is 0 Å². The molecule has 104 valence electrons. The lowest BCUT2D eigenvalue weighted by molar-refractivity contribution is -0.127. The number of hydrogen-bond acceptors (Lipinski definition) is 3. The number of benzene rings is 1. The van der Waals surface area contributed by atoms with Gasteiger partial charge in [0.15, 0.2) is 0 Å². The summed E-state index contributed by atoms with van der Waals surface area (Å²) in [5, 5.41) is 2.82. The van der Waals surface area contributed by atoms with E-state index in [4.69, 9.17) is 0 Å². The zero-order valence-corrected chi connectivity index (χ0v) is 11.9.